The van der Waals surface area contributed by atoms with Crippen molar-refractivity contribution in [2.75, 3.05) is 24.1 Å². The van der Waals surface area contributed by atoms with E-state index in [4.69, 9.17) is 5.73 Å². The van der Waals surface area contributed by atoms with Crippen LogP contribution in [-0.2, 0) is 4.79 Å². The van der Waals surface area contributed by atoms with Crippen LogP contribution in [0.4, 0.5) is 11.5 Å². The van der Waals surface area contributed by atoms with Crippen LogP contribution in [0.3, 0.4) is 0 Å². The van der Waals surface area contributed by atoms with Crippen molar-refractivity contribution in [3.05, 3.63) is 24.0 Å². The molecule has 4 N–H and O–H groups in total. The summed E-state index contributed by atoms with van der Waals surface area (Å²) in [7, 11) is 0. The lowest BCUT2D eigenvalue weighted by molar-refractivity contribution is -0.121. The molecule has 0 radical (unpaired) electrons. The fourth-order valence-electron chi connectivity index (χ4n) is 3.03. The topological polar surface area (TPSA) is 110 Å². The number of unbranched alkanes of at least 4 members (excludes halogenated alkanes) is 1. The molecule has 2 heterocycles. The van der Waals surface area contributed by atoms with Crippen molar-refractivity contribution in [3.8, 4) is 0 Å². The van der Waals surface area contributed by atoms with E-state index in [-0.39, 0.29) is 5.91 Å². The van der Waals surface area contributed by atoms with Crippen LogP contribution >= 0.6 is 0 Å². The second-order valence-electron chi connectivity index (χ2n) is 7.20. The number of nitrogen functional groups attached to an aromatic ring is 1. The molecule has 144 valence electrons. The molecule has 8 nitrogen and oxygen atoms in total. The number of benzene rings is 1. The van der Waals surface area contributed by atoms with Gasteiger partial charge in [-0.1, -0.05) is 13.8 Å². The molecule has 27 heavy (non-hydrogen) atoms. The fourth-order valence-corrected chi connectivity index (χ4v) is 3.03. The molecule has 0 bridgehead atoms. The number of amides is 1. The highest BCUT2D eigenvalue weighted by molar-refractivity contribution is 5.85. The number of carbonyl (C=O) groups is 1. The Morgan fingerprint density at radius 3 is 2.78 bits per heavy atom. The molecule has 0 aliphatic rings. The molecule has 0 fully saturated rings. The van der Waals surface area contributed by atoms with Gasteiger partial charge in [-0.2, -0.15) is 0 Å². The Hall–Kier alpha value is -2.90. The number of anilines is 2. The van der Waals surface area contributed by atoms with Crippen LogP contribution in [0, 0.1) is 12.8 Å². The standard InChI is InChI=1S/C19H27N7O/c1-12(2)10-17(27)21-8-4-5-9-22-18-19-25-24-13(3)26(19)16-11-14(20)6-7-15(16)23-18/h6-7,11-12H,4-5,8-10,20H2,1-3H3,(H,21,27)(H,22,23). The van der Waals surface area contributed by atoms with Crippen LogP contribution in [0.25, 0.3) is 16.7 Å². The molecule has 8 heteroatoms. The Morgan fingerprint density at radius 1 is 1.22 bits per heavy atom. The average molecular weight is 369 g/mol. The molecule has 0 atom stereocenters. The number of aryl methyl sites for hydroxylation is 1. The molecule has 0 aliphatic carbocycles. The zero-order valence-electron chi connectivity index (χ0n) is 16.1. The summed E-state index contributed by atoms with van der Waals surface area (Å²) >= 11 is 0. The van der Waals surface area contributed by atoms with Crippen LogP contribution < -0.4 is 16.4 Å². The van der Waals surface area contributed by atoms with E-state index in [2.05, 4.69) is 25.8 Å². The zero-order valence-corrected chi connectivity index (χ0v) is 16.1. The van der Waals surface area contributed by atoms with E-state index in [1.807, 2.05) is 43.4 Å². The number of rotatable bonds is 8. The molecule has 0 saturated heterocycles. The second kappa shape index (κ2) is 8.20. The van der Waals surface area contributed by atoms with Gasteiger partial charge in [0.15, 0.2) is 5.82 Å². The summed E-state index contributed by atoms with van der Waals surface area (Å²) < 4.78 is 1.97. The van der Waals surface area contributed by atoms with E-state index < -0.39 is 0 Å². The van der Waals surface area contributed by atoms with Gasteiger partial charge in [0.25, 0.3) is 0 Å². The van der Waals surface area contributed by atoms with Crippen LogP contribution in [-0.4, -0.2) is 38.6 Å². The third kappa shape index (κ3) is 4.45. The van der Waals surface area contributed by atoms with Crippen LogP contribution in [0.15, 0.2) is 18.2 Å². The smallest absolute Gasteiger partial charge is 0.220 e. The Labute approximate surface area is 158 Å². The fraction of sp³-hybridized carbons (Fsp3) is 0.474. The van der Waals surface area contributed by atoms with Crippen LogP contribution in [0.1, 0.15) is 38.9 Å². The van der Waals surface area contributed by atoms with Crippen molar-refractivity contribution in [2.45, 2.75) is 40.0 Å². The van der Waals surface area contributed by atoms with Crippen molar-refractivity contribution >= 4 is 34.1 Å². The van der Waals surface area contributed by atoms with Crippen molar-refractivity contribution in [1.82, 2.24) is 24.9 Å². The van der Waals surface area contributed by atoms with Gasteiger partial charge in [-0.05, 0) is 43.9 Å². The number of fused-ring (bicyclic) bond motifs is 3. The number of nitrogens with one attached hydrogen (secondary N) is 2. The predicted octanol–water partition coefficient (Wildman–Crippen LogP) is 2.52. The lowest BCUT2D eigenvalue weighted by atomic mass is 10.1. The summed E-state index contributed by atoms with van der Waals surface area (Å²) in [4.78, 5) is 16.3. The lowest BCUT2D eigenvalue weighted by Gasteiger charge is -2.10. The largest absolute Gasteiger partial charge is 0.399 e. The van der Waals surface area contributed by atoms with Gasteiger partial charge < -0.3 is 16.4 Å². The van der Waals surface area contributed by atoms with Crippen LogP contribution in [0.2, 0.25) is 0 Å². The van der Waals surface area contributed by atoms with Gasteiger partial charge in [0.05, 0.1) is 11.0 Å². The van der Waals surface area contributed by atoms with E-state index in [0.717, 1.165) is 36.2 Å². The Balaban J connectivity index is 1.62. The minimum Gasteiger partial charge on any atom is -0.399 e. The maximum atomic E-state index is 11.6. The Kier molecular flexibility index (Phi) is 5.73. The predicted molar refractivity (Wildman–Crippen MR) is 108 cm³/mol. The van der Waals surface area contributed by atoms with Crippen molar-refractivity contribution < 1.29 is 4.79 Å². The first-order chi connectivity index (χ1) is 13.0. The minimum atomic E-state index is 0.120. The highest BCUT2D eigenvalue weighted by atomic mass is 16.1. The van der Waals surface area contributed by atoms with E-state index in [1.165, 1.54) is 0 Å². The second-order valence-corrected chi connectivity index (χ2v) is 7.20. The number of carbonyl (C=O) groups excluding carboxylic acids is 1. The molecule has 3 rings (SSSR count). The molecule has 0 saturated carbocycles. The monoisotopic (exact) mass is 369 g/mol. The SMILES string of the molecule is Cc1nnc2c(NCCCCNC(=O)CC(C)C)nc3ccc(N)cc3n12. The van der Waals surface area contributed by atoms with Gasteiger partial charge >= 0.3 is 0 Å². The highest BCUT2D eigenvalue weighted by Gasteiger charge is 2.13. The van der Waals surface area contributed by atoms with Gasteiger partial charge in [0.1, 0.15) is 5.82 Å². The number of hydrogen-bond donors (Lipinski definition) is 3. The number of hydrogen-bond acceptors (Lipinski definition) is 6. The quantitative estimate of drug-likeness (QED) is 0.416. The number of aromatic nitrogens is 4. The van der Waals surface area contributed by atoms with Gasteiger partial charge in [-0.3, -0.25) is 9.20 Å². The van der Waals surface area contributed by atoms with Crippen LogP contribution in [0.5, 0.6) is 0 Å². The third-order valence-electron chi connectivity index (χ3n) is 4.32. The van der Waals surface area contributed by atoms with Crippen molar-refractivity contribution in [3.63, 3.8) is 0 Å². The first kappa shape index (κ1) is 18.9. The molecule has 0 unspecified atom stereocenters. The van der Waals surface area contributed by atoms with E-state index in [9.17, 15) is 4.79 Å². The summed E-state index contributed by atoms with van der Waals surface area (Å²) in [6.45, 7) is 7.43. The zero-order chi connectivity index (χ0) is 19.4. The molecule has 0 spiro atoms. The summed E-state index contributed by atoms with van der Waals surface area (Å²) in [5.41, 5.74) is 9.02. The normalized spacial score (nSPS) is 11.4. The first-order valence-corrected chi connectivity index (χ1v) is 9.37. The Morgan fingerprint density at radius 2 is 2.00 bits per heavy atom. The van der Waals surface area contributed by atoms with Crippen molar-refractivity contribution in [2.24, 2.45) is 5.92 Å². The van der Waals surface area contributed by atoms with Crippen molar-refractivity contribution in [1.29, 1.82) is 0 Å². The molecule has 3 aromatic rings. The van der Waals surface area contributed by atoms with Gasteiger partial charge in [-0.25, -0.2) is 4.98 Å². The van der Waals surface area contributed by atoms with E-state index >= 15 is 0 Å². The summed E-state index contributed by atoms with van der Waals surface area (Å²) in [6.07, 6.45) is 2.40. The Bertz CT molecular complexity index is 948. The number of nitrogens with zero attached hydrogens (tertiary/aromatic N) is 4. The first-order valence-electron chi connectivity index (χ1n) is 9.37. The molecule has 1 aromatic carbocycles. The summed E-state index contributed by atoms with van der Waals surface area (Å²) in [5.74, 6) is 2.00. The summed E-state index contributed by atoms with van der Waals surface area (Å²) in [6, 6.07) is 5.62. The maximum absolute atomic E-state index is 11.6. The molecular weight excluding hydrogens is 342 g/mol. The molecular formula is C19H27N7O. The number of nitrogens with two attached hydrogens (primary N) is 1. The van der Waals surface area contributed by atoms with Gasteiger partial charge in [-0.15, -0.1) is 10.2 Å². The molecule has 0 aliphatic heterocycles. The van der Waals surface area contributed by atoms with Gasteiger partial charge in [0.2, 0.25) is 11.6 Å². The van der Waals surface area contributed by atoms with Gasteiger partial charge in [0, 0.05) is 25.2 Å². The van der Waals surface area contributed by atoms with E-state index in [1.54, 1.807) is 0 Å². The maximum Gasteiger partial charge on any atom is 0.220 e. The lowest BCUT2D eigenvalue weighted by Crippen LogP contribution is -2.25. The molecule has 1 amide bonds. The molecule has 2 aromatic heterocycles. The third-order valence-corrected chi connectivity index (χ3v) is 4.32. The minimum absolute atomic E-state index is 0.120. The van der Waals surface area contributed by atoms with E-state index in [0.29, 0.717) is 36.0 Å². The highest BCUT2D eigenvalue weighted by Crippen LogP contribution is 2.23. The summed E-state index contributed by atoms with van der Waals surface area (Å²) in [5, 5.41) is 14.7. The average Bonchev–Trinajstić information content (AvgIpc) is 3.00.